The number of benzene rings is 1. The highest BCUT2D eigenvalue weighted by Gasteiger charge is 2.48. The average molecular weight is 619 g/mol. The minimum absolute atomic E-state index is 0.0289. The SMILES string of the molecule is NC(=O)c1cnc(N2CCC(CN3CCC4(CC3)CN(c3cc5c(cc3F)C(=O)N(C3CCC(=O)NC3=O)C5=O)C4)CC2)nc1. The van der Waals surface area contributed by atoms with Crippen molar-refractivity contribution < 1.29 is 28.4 Å². The van der Waals surface area contributed by atoms with Crippen LogP contribution in [0.4, 0.5) is 16.0 Å². The van der Waals surface area contributed by atoms with Crippen molar-refractivity contribution in [3.63, 3.8) is 0 Å². The summed E-state index contributed by atoms with van der Waals surface area (Å²) in [5, 5.41) is 2.18. The summed E-state index contributed by atoms with van der Waals surface area (Å²) in [7, 11) is 0. The summed E-state index contributed by atoms with van der Waals surface area (Å²) in [6.45, 7) is 6.08. The molecule has 6 heterocycles. The van der Waals surface area contributed by atoms with E-state index in [0.717, 1.165) is 69.4 Å². The van der Waals surface area contributed by atoms with E-state index in [1.807, 2.05) is 4.90 Å². The first kappa shape index (κ1) is 29.3. The number of anilines is 2. The monoisotopic (exact) mass is 618 g/mol. The third-order valence-electron chi connectivity index (χ3n) is 10.2. The number of carbonyl (C=O) groups is 5. The lowest BCUT2D eigenvalue weighted by atomic mass is 9.71. The number of nitrogens with two attached hydrogens (primary N) is 1. The van der Waals surface area contributed by atoms with Crippen molar-refractivity contribution in [2.45, 2.75) is 44.6 Å². The Labute approximate surface area is 258 Å². The first-order chi connectivity index (χ1) is 21.6. The lowest BCUT2D eigenvalue weighted by molar-refractivity contribution is -0.136. The van der Waals surface area contributed by atoms with Crippen LogP contribution in [0.25, 0.3) is 0 Å². The standard InChI is InChI=1S/C31H35FN8O5/c32-22-11-20-21(29(45)40(28(20)44)23-1-2-25(41)36-27(23)43)12-24(22)39-16-31(17-39)5-9-37(10-6-31)15-18-3-7-38(8-4-18)30-34-13-19(14-35-30)26(33)42/h11-14,18,23H,1-10,15-17H2,(H2,33,42)(H,36,41,43). The van der Waals surface area contributed by atoms with E-state index in [1.54, 1.807) is 0 Å². The second-order valence-electron chi connectivity index (χ2n) is 13.0. The van der Waals surface area contributed by atoms with Crippen molar-refractivity contribution in [2.24, 2.45) is 17.1 Å². The van der Waals surface area contributed by atoms with Crippen LogP contribution in [0.15, 0.2) is 24.5 Å². The van der Waals surface area contributed by atoms with Crippen LogP contribution in [-0.2, 0) is 9.59 Å². The fourth-order valence-corrected chi connectivity index (χ4v) is 7.47. The summed E-state index contributed by atoms with van der Waals surface area (Å²) in [4.78, 5) is 77.5. The van der Waals surface area contributed by atoms with Crippen LogP contribution in [0.5, 0.6) is 0 Å². The maximum Gasteiger partial charge on any atom is 0.262 e. The molecule has 1 aromatic heterocycles. The average Bonchev–Trinajstić information content (AvgIpc) is 3.25. The molecular formula is C31H35FN8O5. The van der Waals surface area contributed by atoms with Crippen molar-refractivity contribution in [3.05, 3.63) is 47.0 Å². The van der Waals surface area contributed by atoms with Gasteiger partial charge < -0.3 is 20.4 Å². The van der Waals surface area contributed by atoms with E-state index in [4.69, 9.17) is 5.73 Å². The molecule has 2 aromatic rings. The Bertz CT molecular complexity index is 1570. The number of nitrogens with one attached hydrogen (secondary N) is 1. The molecule has 4 fully saturated rings. The number of aromatic nitrogens is 2. The molecule has 0 radical (unpaired) electrons. The second kappa shape index (κ2) is 11.2. The Morgan fingerprint density at radius 1 is 0.933 bits per heavy atom. The quantitative estimate of drug-likeness (QED) is 0.446. The fraction of sp³-hybridized carbons (Fsp3) is 0.516. The van der Waals surface area contributed by atoms with Gasteiger partial charge in [-0.25, -0.2) is 14.4 Å². The van der Waals surface area contributed by atoms with Gasteiger partial charge >= 0.3 is 0 Å². The zero-order chi connectivity index (χ0) is 31.5. The number of fused-ring (bicyclic) bond motifs is 1. The van der Waals surface area contributed by atoms with Crippen molar-refractivity contribution >= 4 is 41.2 Å². The summed E-state index contributed by atoms with van der Waals surface area (Å²) < 4.78 is 15.3. The number of amides is 5. The van der Waals surface area contributed by atoms with E-state index in [1.165, 1.54) is 18.5 Å². The Balaban J connectivity index is 0.911. The first-order valence-electron chi connectivity index (χ1n) is 15.5. The number of piperidine rings is 3. The molecule has 5 amide bonds. The van der Waals surface area contributed by atoms with E-state index >= 15 is 4.39 Å². The number of halogens is 1. The number of primary amides is 1. The predicted molar refractivity (Wildman–Crippen MR) is 159 cm³/mol. The number of nitrogens with zero attached hydrogens (tertiary/aromatic N) is 6. The molecule has 0 aliphatic carbocycles. The van der Waals surface area contributed by atoms with Crippen molar-refractivity contribution in [1.29, 1.82) is 0 Å². The number of hydrogen-bond donors (Lipinski definition) is 2. The molecule has 0 bridgehead atoms. The lowest BCUT2D eigenvalue weighted by Crippen LogP contribution is -2.61. The first-order valence-corrected chi connectivity index (χ1v) is 15.5. The minimum atomic E-state index is -1.08. The summed E-state index contributed by atoms with van der Waals surface area (Å²) in [6, 6.07) is 1.47. The third-order valence-corrected chi connectivity index (χ3v) is 10.2. The van der Waals surface area contributed by atoms with Crippen molar-refractivity contribution in [2.75, 3.05) is 55.6 Å². The zero-order valence-electron chi connectivity index (χ0n) is 24.8. The van der Waals surface area contributed by atoms with Gasteiger partial charge in [0.1, 0.15) is 11.9 Å². The Kier molecular flexibility index (Phi) is 7.26. The normalized spacial score (nSPS) is 23.8. The Morgan fingerprint density at radius 2 is 1.58 bits per heavy atom. The van der Waals surface area contributed by atoms with Crippen LogP contribution in [-0.4, -0.2) is 101 Å². The van der Waals surface area contributed by atoms with Crippen molar-refractivity contribution in [3.8, 4) is 0 Å². The maximum absolute atomic E-state index is 15.3. The molecule has 0 saturated carbocycles. The summed E-state index contributed by atoms with van der Waals surface area (Å²) in [5.41, 5.74) is 6.02. The van der Waals surface area contributed by atoms with Gasteiger partial charge in [0.05, 0.1) is 22.4 Å². The molecule has 3 N–H and O–H groups in total. The molecule has 14 heteroatoms. The van der Waals surface area contributed by atoms with Gasteiger partial charge in [0.15, 0.2) is 0 Å². The highest BCUT2D eigenvalue weighted by atomic mass is 19.1. The number of hydrogen-bond acceptors (Lipinski definition) is 10. The van der Waals surface area contributed by atoms with Gasteiger partial charge in [0.2, 0.25) is 17.8 Å². The van der Waals surface area contributed by atoms with Crippen LogP contribution < -0.4 is 20.9 Å². The number of carbonyl (C=O) groups excluding carboxylic acids is 5. The summed E-state index contributed by atoms with van der Waals surface area (Å²) >= 11 is 0. The van der Waals surface area contributed by atoms with Gasteiger partial charge in [0.25, 0.3) is 17.7 Å². The molecule has 5 aliphatic rings. The maximum atomic E-state index is 15.3. The molecule has 4 saturated heterocycles. The third kappa shape index (κ3) is 5.30. The minimum Gasteiger partial charge on any atom is -0.368 e. The summed E-state index contributed by atoms with van der Waals surface area (Å²) in [6.07, 6.45) is 7.12. The highest BCUT2D eigenvalue weighted by molar-refractivity contribution is 6.23. The van der Waals surface area contributed by atoms with Gasteiger partial charge in [-0.15, -0.1) is 0 Å². The van der Waals surface area contributed by atoms with E-state index in [-0.39, 0.29) is 29.4 Å². The molecular weight excluding hydrogens is 583 g/mol. The number of likely N-dealkylation sites (tertiary alicyclic amines) is 1. The predicted octanol–water partition coefficient (Wildman–Crippen LogP) is 0.935. The largest absolute Gasteiger partial charge is 0.368 e. The van der Waals surface area contributed by atoms with Gasteiger partial charge in [-0.05, 0) is 63.2 Å². The van der Waals surface area contributed by atoms with E-state index in [0.29, 0.717) is 36.2 Å². The lowest BCUT2D eigenvalue weighted by Gasteiger charge is -2.55. The molecule has 236 valence electrons. The molecule has 1 unspecified atom stereocenters. The van der Waals surface area contributed by atoms with E-state index < -0.39 is 41.4 Å². The Morgan fingerprint density at radius 3 is 2.20 bits per heavy atom. The smallest absolute Gasteiger partial charge is 0.262 e. The molecule has 13 nitrogen and oxygen atoms in total. The topological polar surface area (TPSA) is 162 Å². The fourth-order valence-electron chi connectivity index (χ4n) is 7.47. The van der Waals surface area contributed by atoms with Gasteiger partial charge in [0, 0.05) is 57.0 Å². The van der Waals surface area contributed by atoms with Crippen LogP contribution in [0.2, 0.25) is 0 Å². The zero-order valence-corrected chi connectivity index (χ0v) is 24.8. The second-order valence-corrected chi connectivity index (χ2v) is 13.0. The molecule has 45 heavy (non-hydrogen) atoms. The number of imide groups is 2. The number of rotatable bonds is 6. The van der Waals surface area contributed by atoms with Crippen molar-refractivity contribution in [1.82, 2.24) is 25.1 Å². The molecule has 1 spiro atoms. The molecule has 1 atom stereocenters. The van der Waals surface area contributed by atoms with Gasteiger partial charge in [-0.1, -0.05) is 0 Å². The van der Waals surface area contributed by atoms with Crippen LogP contribution >= 0.6 is 0 Å². The molecule has 7 rings (SSSR count). The van der Waals surface area contributed by atoms with Crippen LogP contribution in [0.1, 0.15) is 69.6 Å². The van der Waals surface area contributed by atoms with E-state index in [2.05, 4.69) is 25.1 Å². The van der Waals surface area contributed by atoms with Gasteiger partial charge in [-0.2, -0.15) is 0 Å². The molecule has 1 aromatic carbocycles. The summed E-state index contributed by atoms with van der Waals surface area (Å²) in [5.74, 6) is -2.37. The van der Waals surface area contributed by atoms with Crippen LogP contribution in [0, 0.1) is 17.2 Å². The van der Waals surface area contributed by atoms with Gasteiger partial charge in [-0.3, -0.25) is 34.2 Å². The Hall–Kier alpha value is -4.46. The van der Waals surface area contributed by atoms with E-state index in [9.17, 15) is 24.0 Å². The molecule has 5 aliphatic heterocycles. The highest BCUT2D eigenvalue weighted by Crippen LogP contribution is 2.44. The van der Waals surface area contributed by atoms with Crippen LogP contribution in [0.3, 0.4) is 0 Å².